The smallest absolute Gasteiger partial charge is 0.408 e. The number of hydrogen-bond donors (Lipinski definition) is 10. The first-order valence-corrected chi connectivity index (χ1v) is 27.6. The number of phenols is 1. The fourth-order valence-corrected chi connectivity index (χ4v) is 13.4. The first kappa shape index (κ1) is 58.7. The highest BCUT2D eigenvalue weighted by Gasteiger charge is 2.58. The van der Waals surface area contributed by atoms with E-state index in [0.717, 1.165) is 61.6 Å². The van der Waals surface area contributed by atoms with Crippen molar-refractivity contribution in [1.29, 1.82) is 0 Å². The Hall–Kier alpha value is -7.02. The van der Waals surface area contributed by atoms with Gasteiger partial charge in [-0.3, -0.25) is 34.1 Å². The van der Waals surface area contributed by atoms with Crippen LogP contribution >= 0.6 is 0 Å². The summed E-state index contributed by atoms with van der Waals surface area (Å²) >= 11 is 0. The first-order valence-electron chi connectivity index (χ1n) is 27.6. The molecule has 3 aromatic rings. The van der Waals surface area contributed by atoms with Crippen LogP contribution in [0.5, 0.6) is 5.75 Å². The van der Waals surface area contributed by atoms with Gasteiger partial charge in [-0.05, 0) is 157 Å². The van der Waals surface area contributed by atoms with Gasteiger partial charge in [-0.15, -0.1) is 0 Å². The fraction of sp³-hybridized carbons (Fsp3) is 0.559. The molecule has 2 saturated carbocycles. The lowest BCUT2D eigenvalue weighted by Gasteiger charge is -2.56. The number of urea groups is 1. The Morgan fingerprint density at radius 1 is 0.692 bits per heavy atom. The highest BCUT2D eigenvalue weighted by Crippen LogP contribution is 2.60. The minimum absolute atomic E-state index is 0.00366. The zero-order valence-electron chi connectivity index (χ0n) is 46.2. The number of amides is 9. The van der Waals surface area contributed by atoms with Crippen LogP contribution in [0.3, 0.4) is 0 Å². The average Bonchev–Trinajstić information content (AvgIpc) is 3.48. The maximum absolute atomic E-state index is 14.7. The molecule has 7 rings (SSSR count). The number of fused-ring (bicyclic) bond motifs is 6. The number of alkyl carbamates (subject to hydrolysis) is 1. The van der Waals surface area contributed by atoms with Gasteiger partial charge >= 0.3 is 12.1 Å². The SMILES string of the molecule is CCC(=O)N[C@H](C(=O)N[C@@H](CCCNC(N)=O)C(=O)Nc1ccc(COC(=O)N[C@@H](CO)C(=O)Nc2ccc3c(c2)[C@@]2(C)CCC[C@](C)(C(=O)NC(=O)[C@@]4(C)CCC[C@]5(C)c6cc(O)ccc6CC[C@@H]45)[C@@H]2CC3)cc1)C(C)C. The minimum Gasteiger partial charge on any atom is -0.508 e. The number of aromatic hydroxyl groups is 1. The zero-order chi connectivity index (χ0) is 56.7. The minimum atomic E-state index is -1.37. The fourth-order valence-electron chi connectivity index (χ4n) is 13.4. The molecule has 4 aliphatic rings. The number of carbonyl (C=O) groups excluding carboxylic acids is 8. The summed E-state index contributed by atoms with van der Waals surface area (Å²) in [5.41, 5.74) is 8.55. The monoisotopic (exact) mass is 1080 g/mol. The predicted molar refractivity (Wildman–Crippen MR) is 294 cm³/mol. The van der Waals surface area contributed by atoms with Crippen molar-refractivity contribution in [2.24, 2.45) is 34.3 Å². The number of primary amides is 1. The van der Waals surface area contributed by atoms with Crippen molar-refractivity contribution in [3.05, 3.63) is 88.5 Å². The third-order valence-electron chi connectivity index (χ3n) is 17.8. The number of ether oxygens (including phenoxy) is 1. The lowest BCUT2D eigenvalue weighted by Crippen LogP contribution is -2.60. The summed E-state index contributed by atoms with van der Waals surface area (Å²) in [7, 11) is 0. The topological polar surface area (TPSA) is 296 Å². The number of rotatable bonds is 19. The molecule has 0 spiro atoms. The molecule has 4 aliphatic carbocycles. The van der Waals surface area contributed by atoms with Crippen LogP contribution in [-0.2, 0) is 63.8 Å². The molecule has 11 N–H and O–H groups in total. The Morgan fingerprint density at radius 2 is 1.24 bits per heavy atom. The van der Waals surface area contributed by atoms with E-state index in [1.807, 2.05) is 38.1 Å². The van der Waals surface area contributed by atoms with Gasteiger partial charge in [-0.25, -0.2) is 9.59 Å². The van der Waals surface area contributed by atoms with E-state index < -0.39 is 70.8 Å². The van der Waals surface area contributed by atoms with Gasteiger partial charge in [0, 0.05) is 24.3 Å². The van der Waals surface area contributed by atoms with Gasteiger partial charge in [-0.2, -0.15) is 0 Å². The van der Waals surface area contributed by atoms with Crippen molar-refractivity contribution in [3.63, 3.8) is 0 Å². The Labute approximate surface area is 457 Å². The molecule has 2 fully saturated rings. The number of phenolic OH excluding ortho intramolecular Hbond substituents is 1. The van der Waals surface area contributed by atoms with Crippen molar-refractivity contribution in [2.75, 3.05) is 23.8 Å². The Balaban J connectivity index is 0.938. The Morgan fingerprint density at radius 3 is 1.81 bits per heavy atom. The van der Waals surface area contributed by atoms with Gasteiger partial charge in [0.2, 0.25) is 35.4 Å². The number of aryl methyl sites for hydroxylation is 2. The summed E-state index contributed by atoms with van der Waals surface area (Å²) in [6, 6.07) is 13.6. The Bertz CT molecular complexity index is 2770. The van der Waals surface area contributed by atoms with Gasteiger partial charge in [0.1, 0.15) is 30.5 Å². The molecule has 0 saturated heterocycles. The molecule has 0 radical (unpaired) electrons. The van der Waals surface area contributed by atoms with Crippen molar-refractivity contribution in [1.82, 2.24) is 26.6 Å². The summed E-state index contributed by atoms with van der Waals surface area (Å²) in [5.74, 6) is -2.72. The molecule has 0 bridgehead atoms. The summed E-state index contributed by atoms with van der Waals surface area (Å²) in [6.45, 7) is 12.8. The highest BCUT2D eigenvalue weighted by atomic mass is 16.5. The van der Waals surface area contributed by atoms with Crippen LogP contribution in [0.2, 0.25) is 0 Å². The first-order chi connectivity index (χ1) is 36.9. The maximum atomic E-state index is 14.7. The lowest BCUT2D eigenvalue weighted by molar-refractivity contribution is -0.150. The lowest BCUT2D eigenvalue weighted by atomic mass is 9.49. The third-order valence-corrected chi connectivity index (χ3v) is 17.8. The summed E-state index contributed by atoms with van der Waals surface area (Å²) < 4.78 is 5.40. The van der Waals surface area contributed by atoms with E-state index in [4.69, 9.17) is 10.5 Å². The molecule has 0 aromatic heterocycles. The van der Waals surface area contributed by atoms with Crippen LogP contribution in [0.1, 0.15) is 147 Å². The quantitative estimate of drug-likeness (QED) is 0.0463. The van der Waals surface area contributed by atoms with Crippen LogP contribution in [0.25, 0.3) is 0 Å². The standard InChI is InChI=1S/C59H80N8O11/c1-8-47(70)66-48(34(2)3)51(73)64-43(12-9-29-61-54(60)76)49(71)62-38-19-13-35(14-20-38)33-78-55(77)65-44(32-68)50(72)63-39-21-15-36-17-23-45-56(4,41(36)30-39)25-10-27-58(45,6)52(74)67-53(75)59(7)28-11-26-57(5)42-31-40(69)22-16-37(42)18-24-46(57)59/h13-16,19-22,30-31,34,43-46,48,68-69H,8-12,17-18,23-29,32-33H2,1-7H3,(H,62,71)(H,63,72)(H,64,73)(H,65,77)(H,66,70)(H3,60,61,76)(H,67,74,75)/t43-,44-,45+,46+,48-,56+,57+,58-,59-/m0/s1. The molecule has 19 nitrogen and oxygen atoms in total. The van der Waals surface area contributed by atoms with Gasteiger partial charge < -0.3 is 52.6 Å². The molecular formula is C59H80N8O11. The van der Waals surface area contributed by atoms with E-state index >= 15 is 0 Å². The van der Waals surface area contributed by atoms with Crippen molar-refractivity contribution in [2.45, 2.75) is 167 Å². The third kappa shape index (κ3) is 12.6. The number of carbonyl (C=O) groups is 8. The molecule has 3 aromatic carbocycles. The highest BCUT2D eigenvalue weighted by molar-refractivity contribution is 6.01. The molecule has 0 aliphatic heterocycles. The zero-order valence-corrected chi connectivity index (χ0v) is 46.2. The van der Waals surface area contributed by atoms with Gasteiger partial charge in [0.25, 0.3) is 0 Å². The van der Waals surface area contributed by atoms with Crippen LogP contribution in [0, 0.1) is 28.6 Å². The predicted octanol–water partition coefficient (Wildman–Crippen LogP) is 6.40. The number of benzene rings is 3. The number of imide groups is 1. The number of anilines is 2. The maximum Gasteiger partial charge on any atom is 0.408 e. The molecule has 9 atom stereocenters. The van der Waals surface area contributed by atoms with Gasteiger partial charge in [0.05, 0.1) is 17.4 Å². The van der Waals surface area contributed by atoms with Gasteiger partial charge in [-0.1, -0.05) is 85.6 Å². The van der Waals surface area contributed by atoms with Crippen LogP contribution in [-0.4, -0.2) is 89.1 Å². The largest absolute Gasteiger partial charge is 0.508 e. The second-order valence-corrected chi connectivity index (χ2v) is 23.3. The van der Waals surface area contributed by atoms with E-state index in [1.54, 1.807) is 57.2 Å². The van der Waals surface area contributed by atoms with Gasteiger partial charge in [0.15, 0.2) is 0 Å². The summed E-state index contributed by atoms with van der Waals surface area (Å²) in [6.07, 6.45) is 7.31. The molecular weight excluding hydrogens is 997 g/mol. The number of hydrogen-bond acceptors (Lipinski definition) is 11. The van der Waals surface area contributed by atoms with Crippen LogP contribution < -0.4 is 43.0 Å². The van der Waals surface area contributed by atoms with E-state index in [1.165, 1.54) is 5.56 Å². The van der Waals surface area contributed by atoms with Crippen LogP contribution in [0.4, 0.5) is 21.0 Å². The molecule has 422 valence electrons. The number of nitrogens with one attached hydrogen (secondary N) is 7. The second kappa shape index (κ2) is 24.3. The van der Waals surface area contributed by atoms with Crippen molar-refractivity contribution < 1.29 is 53.3 Å². The summed E-state index contributed by atoms with van der Waals surface area (Å²) in [4.78, 5) is 106. The molecule has 9 amide bonds. The molecule has 78 heavy (non-hydrogen) atoms. The number of aliphatic hydroxyl groups excluding tert-OH is 1. The van der Waals surface area contributed by atoms with E-state index in [-0.39, 0.29) is 72.6 Å². The average molecular weight is 1080 g/mol. The Kier molecular flexibility index (Phi) is 18.3. The van der Waals surface area contributed by atoms with Crippen molar-refractivity contribution in [3.8, 4) is 5.75 Å². The molecule has 0 heterocycles. The molecule has 0 unspecified atom stereocenters. The van der Waals surface area contributed by atoms with Crippen molar-refractivity contribution >= 4 is 58.9 Å². The number of nitrogens with two attached hydrogens (primary N) is 1. The van der Waals surface area contributed by atoms with E-state index in [9.17, 15) is 48.6 Å². The van der Waals surface area contributed by atoms with E-state index in [2.05, 4.69) is 51.1 Å². The second-order valence-electron chi connectivity index (χ2n) is 23.3. The van der Waals surface area contributed by atoms with E-state index in [0.29, 0.717) is 42.6 Å². The number of aliphatic hydroxyl groups is 1. The van der Waals surface area contributed by atoms with Crippen LogP contribution in [0.15, 0.2) is 60.7 Å². The normalized spacial score (nSPS) is 25.1. The summed E-state index contributed by atoms with van der Waals surface area (Å²) in [5, 5.41) is 39.6. The molecule has 19 heteroatoms.